The molecule has 0 bridgehead atoms. The van der Waals surface area contributed by atoms with Gasteiger partial charge in [0, 0.05) is 12.1 Å². The second kappa shape index (κ2) is 16.0. The van der Waals surface area contributed by atoms with Gasteiger partial charge in [0.2, 0.25) is 5.91 Å². The van der Waals surface area contributed by atoms with Gasteiger partial charge >= 0.3 is 0 Å². The number of amides is 2. The first kappa shape index (κ1) is 31.1. The summed E-state index contributed by atoms with van der Waals surface area (Å²) in [7, 11) is 4.41. The third-order valence-corrected chi connectivity index (χ3v) is 6.88. The molecule has 1 aromatic heterocycles. The molecule has 2 amide bonds. The van der Waals surface area contributed by atoms with E-state index in [0.717, 1.165) is 18.6 Å². The second-order valence-electron chi connectivity index (χ2n) is 9.30. The van der Waals surface area contributed by atoms with Crippen LogP contribution in [0.4, 0.5) is 0 Å². The summed E-state index contributed by atoms with van der Waals surface area (Å²) in [5.74, 6) is 1.86. The average Bonchev–Trinajstić information content (AvgIpc) is 3.42. The Morgan fingerprint density at radius 2 is 1.66 bits per heavy atom. The number of rotatable bonds is 17. The van der Waals surface area contributed by atoms with Crippen LogP contribution in [-0.4, -0.2) is 56.8 Å². The highest BCUT2D eigenvalue weighted by atomic mass is 32.2. The van der Waals surface area contributed by atoms with Crippen LogP contribution in [0.3, 0.4) is 0 Å². The van der Waals surface area contributed by atoms with E-state index in [1.807, 2.05) is 32.9 Å². The van der Waals surface area contributed by atoms with Crippen LogP contribution in [0.25, 0.3) is 0 Å². The van der Waals surface area contributed by atoms with Gasteiger partial charge in [0.25, 0.3) is 5.91 Å². The summed E-state index contributed by atoms with van der Waals surface area (Å²) >= 11 is 1.45. The third kappa shape index (κ3) is 9.31. The minimum Gasteiger partial charge on any atom is -0.496 e. The summed E-state index contributed by atoms with van der Waals surface area (Å²) in [4.78, 5) is 39.7. The summed E-state index contributed by atoms with van der Waals surface area (Å²) in [6, 6.07) is 5.27. The molecule has 10 heteroatoms. The van der Waals surface area contributed by atoms with Crippen LogP contribution in [0, 0.1) is 5.92 Å². The molecule has 2 aromatic rings. The average molecular weight is 549 g/mol. The third-order valence-electron chi connectivity index (χ3n) is 5.90. The Labute approximate surface area is 229 Å². The lowest BCUT2D eigenvalue weighted by Gasteiger charge is -2.24. The zero-order chi connectivity index (χ0) is 28.1. The summed E-state index contributed by atoms with van der Waals surface area (Å²) < 4.78 is 21.3. The van der Waals surface area contributed by atoms with Gasteiger partial charge in [-0.25, -0.2) is 0 Å². The van der Waals surface area contributed by atoms with Gasteiger partial charge in [0.15, 0.2) is 17.3 Å². The number of thioether (sulfide) groups is 1. The standard InChI is InChI=1S/C28H40N2O7S/c1-7-8-11-21(23(31)17-38-16-19-10-9-12-37-19)29-28(33)22(13-18(2)3)30-27(32)20-14-25(35-5)26(36-6)15-24(20)34-4/h9-10,12,14-15,18,21-22H,7-8,11,13,16-17H2,1-6H3,(H,29,33)(H,30,32)/t21-,22-/m0/s1. The number of unbranched alkanes of at least 4 members (excludes halogenated alkanes) is 1. The first-order valence-electron chi connectivity index (χ1n) is 12.8. The maximum atomic E-state index is 13.4. The highest BCUT2D eigenvalue weighted by molar-refractivity contribution is 7.99. The molecule has 2 N–H and O–H groups in total. The van der Waals surface area contributed by atoms with E-state index in [2.05, 4.69) is 10.6 Å². The molecular weight excluding hydrogens is 508 g/mol. The minimum atomic E-state index is -0.840. The molecule has 0 saturated heterocycles. The zero-order valence-electron chi connectivity index (χ0n) is 23.1. The van der Waals surface area contributed by atoms with Crippen molar-refractivity contribution in [3.05, 3.63) is 41.9 Å². The van der Waals surface area contributed by atoms with Crippen LogP contribution >= 0.6 is 11.8 Å². The van der Waals surface area contributed by atoms with Crippen molar-refractivity contribution < 1.29 is 33.0 Å². The van der Waals surface area contributed by atoms with E-state index in [9.17, 15) is 14.4 Å². The lowest BCUT2D eigenvalue weighted by Crippen LogP contribution is -2.52. The molecule has 2 atom stereocenters. The maximum absolute atomic E-state index is 13.4. The first-order valence-corrected chi connectivity index (χ1v) is 13.9. The summed E-state index contributed by atoms with van der Waals surface area (Å²) in [6.45, 7) is 5.97. The smallest absolute Gasteiger partial charge is 0.255 e. The van der Waals surface area contributed by atoms with Crippen molar-refractivity contribution >= 4 is 29.4 Å². The van der Waals surface area contributed by atoms with Gasteiger partial charge in [-0.15, -0.1) is 11.8 Å². The van der Waals surface area contributed by atoms with Crippen molar-refractivity contribution in [1.82, 2.24) is 10.6 Å². The van der Waals surface area contributed by atoms with Crippen LogP contribution in [0.15, 0.2) is 34.9 Å². The number of ether oxygens (including phenoxy) is 3. The van der Waals surface area contributed by atoms with Gasteiger partial charge in [-0.05, 0) is 30.9 Å². The number of hydrogen-bond donors (Lipinski definition) is 2. The van der Waals surface area contributed by atoms with Crippen LogP contribution < -0.4 is 24.8 Å². The predicted molar refractivity (Wildman–Crippen MR) is 148 cm³/mol. The molecule has 2 rings (SSSR count). The summed E-state index contributed by atoms with van der Waals surface area (Å²) in [6.07, 6.45) is 4.22. The molecule has 0 saturated carbocycles. The molecule has 0 aliphatic carbocycles. The van der Waals surface area contributed by atoms with Crippen molar-refractivity contribution in [2.45, 2.75) is 64.3 Å². The van der Waals surface area contributed by atoms with E-state index in [-0.39, 0.29) is 28.8 Å². The topological polar surface area (TPSA) is 116 Å². The number of nitrogens with one attached hydrogen (secondary N) is 2. The Morgan fingerprint density at radius 3 is 2.24 bits per heavy atom. The van der Waals surface area contributed by atoms with E-state index in [1.54, 1.807) is 12.3 Å². The van der Waals surface area contributed by atoms with E-state index in [1.165, 1.54) is 39.2 Å². The van der Waals surface area contributed by atoms with Gasteiger partial charge in [-0.2, -0.15) is 0 Å². The van der Waals surface area contributed by atoms with Crippen molar-refractivity contribution in [2.75, 3.05) is 27.1 Å². The monoisotopic (exact) mass is 548 g/mol. The molecule has 0 aliphatic heterocycles. The Bertz CT molecular complexity index is 1040. The number of ketones is 1. The number of Topliss-reactive ketones (excluding diaryl/α,β-unsaturated/α-hetero) is 1. The van der Waals surface area contributed by atoms with E-state index in [4.69, 9.17) is 18.6 Å². The minimum absolute atomic E-state index is 0.0560. The SMILES string of the molecule is CCCC[C@H](NC(=O)[C@H](CC(C)C)NC(=O)c1cc(OC)c(OC)cc1OC)C(=O)CSCc1ccco1. The number of carbonyl (C=O) groups is 3. The molecule has 0 fully saturated rings. The normalized spacial score (nSPS) is 12.5. The van der Waals surface area contributed by atoms with Crippen molar-refractivity contribution in [1.29, 1.82) is 0 Å². The molecule has 210 valence electrons. The number of hydrogen-bond acceptors (Lipinski definition) is 8. The molecule has 9 nitrogen and oxygen atoms in total. The molecule has 0 unspecified atom stereocenters. The number of benzene rings is 1. The van der Waals surface area contributed by atoms with Gasteiger partial charge < -0.3 is 29.3 Å². The van der Waals surface area contributed by atoms with Gasteiger partial charge in [0.05, 0.1) is 50.7 Å². The first-order chi connectivity index (χ1) is 18.2. The number of methoxy groups -OCH3 is 3. The molecule has 1 aromatic carbocycles. The molecule has 38 heavy (non-hydrogen) atoms. The van der Waals surface area contributed by atoms with Crippen LogP contribution in [0.2, 0.25) is 0 Å². The van der Waals surface area contributed by atoms with Crippen molar-refractivity contribution in [3.63, 3.8) is 0 Å². The van der Waals surface area contributed by atoms with E-state index < -0.39 is 23.9 Å². The fourth-order valence-corrected chi connectivity index (χ4v) is 4.76. The van der Waals surface area contributed by atoms with Gasteiger partial charge in [-0.1, -0.05) is 33.6 Å². The Kier molecular flexibility index (Phi) is 13.1. The molecule has 1 heterocycles. The molecular formula is C28H40N2O7S. The number of furan rings is 1. The fourth-order valence-electron chi connectivity index (χ4n) is 3.89. The Balaban J connectivity index is 2.16. The molecule has 0 aliphatic rings. The maximum Gasteiger partial charge on any atom is 0.255 e. The van der Waals surface area contributed by atoms with Crippen molar-refractivity contribution in [3.8, 4) is 17.2 Å². The Hall–Kier alpha value is -3.14. The largest absolute Gasteiger partial charge is 0.496 e. The van der Waals surface area contributed by atoms with Crippen molar-refractivity contribution in [2.24, 2.45) is 5.92 Å². The van der Waals surface area contributed by atoms with Gasteiger partial charge in [-0.3, -0.25) is 14.4 Å². The molecule has 0 radical (unpaired) electrons. The fraction of sp³-hybridized carbons (Fsp3) is 0.536. The quantitative estimate of drug-likeness (QED) is 0.294. The van der Waals surface area contributed by atoms with E-state index >= 15 is 0 Å². The Morgan fingerprint density at radius 1 is 0.974 bits per heavy atom. The van der Waals surface area contributed by atoms with Crippen LogP contribution in [-0.2, 0) is 15.3 Å². The number of carbonyl (C=O) groups excluding carboxylic acids is 3. The zero-order valence-corrected chi connectivity index (χ0v) is 23.9. The van der Waals surface area contributed by atoms with Gasteiger partial charge in [0.1, 0.15) is 17.6 Å². The molecule has 0 spiro atoms. The summed E-state index contributed by atoms with van der Waals surface area (Å²) in [5.41, 5.74) is 0.208. The highest BCUT2D eigenvalue weighted by Crippen LogP contribution is 2.34. The highest BCUT2D eigenvalue weighted by Gasteiger charge is 2.28. The van der Waals surface area contributed by atoms with E-state index in [0.29, 0.717) is 30.1 Å². The lowest BCUT2D eigenvalue weighted by atomic mass is 10.0. The summed E-state index contributed by atoms with van der Waals surface area (Å²) in [5, 5.41) is 5.74. The lowest BCUT2D eigenvalue weighted by molar-refractivity contribution is -0.128. The second-order valence-corrected chi connectivity index (χ2v) is 10.3. The predicted octanol–water partition coefficient (Wildman–Crippen LogP) is 4.63. The van der Waals surface area contributed by atoms with Crippen LogP contribution in [0.5, 0.6) is 17.2 Å². The van der Waals surface area contributed by atoms with Crippen LogP contribution in [0.1, 0.15) is 62.6 Å².